The highest BCUT2D eigenvalue weighted by Crippen LogP contribution is 2.06. The summed E-state index contributed by atoms with van der Waals surface area (Å²) in [5, 5.41) is 8.91. The number of fused-ring (bicyclic) bond motifs is 1. The number of Topliss-reactive ketones (excluding diaryl/α,β-unsaturated/α-hetero) is 1. The van der Waals surface area contributed by atoms with Gasteiger partial charge in [-0.3, -0.25) is 10.2 Å². The molecule has 3 aromatic rings. The third-order valence-electron chi connectivity index (χ3n) is 3.19. The van der Waals surface area contributed by atoms with E-state index < -0.39 is 0 Å². The minimum absolute atomic E-state index is 0.0267. The lowest BCUT2D eigenvalue weighted by Gasteiger charge is -2.07. The number of nitrogens with one attached hydrogen (secondary N) is 1. The van der Waals surface area contributed by atoms with Gasteiger partial charge in [-0.25, -0.2) is 4.98 Å². The van der Waals surface area contributed by atoms with E-state index in [2.05, 4.69) is 4.98 Å². The number of rotatable bonds is 3. The average molecular weight is 263 g/mol. The number of nitrogens with zero attached hydrogens (tertiary/aromatic N) is 2. The van der Waals surface area contributed by atoms with Gasteiger partial charge in [0, 0.05) is 10.9 Å². The first-order valence-electron chi connectivity index (χ1n) is 6.33. The molecule has 4 nitrogen and oxygen atoms in total. The zero-order valence-corrected chi connectivity index (χ0v) is 10.8. The Labute approximate surface area is 115 Å². The van der Waals surface area contributed by atoms with Gasteiger partial charge in [0.25, 0.3) is 0 Å². The number of carbonyl (C=O) groups excluding carboxylic acids is 1. The summed E-state index contributed by atoms with van der Waals surface area (Å²) in [6.07, 6.45) is 1.55. The quantitative estimate of drug-likeness (QED) is 0.738. The molecule has 0 amide bonds. The van der Waals surface area contributed by atoms with E-state index in [4.69, 9.17) is 5.41 Å². The number of benzene rings is 2. The van der Waals surface area contributed by atoms with Crippen LogP contribution in [0.3, 0.4) is 0 Å². The molecule has 1 aromatic heterocycles. The van der Waals surface area contributed by atoms with Gasteiger partial charge in [0.2, 0.25) is 0 Å². The van der Waals surface area contributed by atoms with Crippen molar-refractivity contribution in [2.24, 2.45) is 0 Å². The van der Waals surface area contributed by atoms with Gasteiger partial charge in [-0.05, 0) is 12.1 Å². The maximum absolute atomic E-state index is 12.2. The van der Waals surface area contributed by atoms with Gasteiger partial charge in [0.05, 0.1) is 18.4 Å². The van der Waals surface area contributed by atoms with Gasteiger partial charge in [-0.1, -0.05) is 42.5 Å². The molecule has 20 heavy (non-hydrogen) atoms. The van der Waals surface area contributed by atoms with Gasteiger partial charge in [0.1, 0.15) is 5.49 Å². The number of aromatic nitrogens is 2. The van der Waals surface area contributed by atoms with Crippen molar-refractivity contribution in [1.82, 2.24) is 9.55 Å². The van der Waals surface area contributed by atoms with Crippen molar-refractivity contribution in [2.75, 3.05) is 0 Å². The van der Waals surface area contributed by atoms with Crippen molar-refractivity contribution in [3.8, 4) is 0 Å². The van der Waals surface area contributed by atoms with E-state index in [0.29, 0.717) is 11.1 Å². The maximum Gasteiger partial charge on any atom is 0.182 e. The molecule has 0 aliphatic heterocycles. The van der Waals surface area contributed by atoms with Gasteiger partial charge in [0.15, 0.2) is 5.78 Å². The van der Waals surface area contributed by atoms with Crippen LogP contribution in [-0.4, -0.2) is 15.3 Å². The van der Waals surface area contributed by atoms with Crippen molar-refractivity contribution in [1.29, 1.82) is 5.41 Å². The highest BCUT2D eigenvalue weighted by molar-refractivity contribution is 5.95. The van der Waals surface area contributed by atoms with Crippen molar-refractivity contribution in [3.63, 3.8) is 0 Å². The second-order valence-corrected chi connectivity index (χ2v) is 4.53. The number of hydrogen-bond acceptors (Lipinski definition) is 3. The summed E-state index contributed by atoms with van der Waals surface area (Å²) in [4.78, 5) is 16.4. The second-order valence-electron chi connectivity index (χ2n) is 4.53. The Morgan fingerprint density at radius 3 is 2.55 bits per heavy atom. The van der Waals surface area contributed by atoms with Crippen LogP contribution in [0.15, 0.2) is 60.9 Å². The fourth-order valence-electron chi connectivity index (χ4n) is 2.12. The SMILES string of the molecule is N=c1c2ccccc2ncn1CC(=O)c1ccccc1. The predicted octanol–water partition coefficient (Wildman–Crippen LogP) is 2.40. The lowest BCUT2D eigenvalue weighted by Crippen LogP contribution is -2.24. The van der Waals surface area contributed by atoms with Crippen LogP contribution in [-0.2, 0) is 6.54 Å². The van der Waals surface area contributed by atoms with Crippen LogP contribution in [0.25, 0.3) is 10.9 Å². The lowest BCUT2D eigenvalue weighted by molar-refractivity contribution is 0.0970. The smallest absolute Gasteiger partial charge is 0.182 e. The first-order chi connectivity index (χ1) is 9.75. The summed E-state index contributed by atoms with van der Waals surface area (Å²) in [5.74, 6) is -0.0267. The molecule has 4 heteroatoms. The summed E-state index contributed by atoms with van der Waals surface area (Å²) in [6, 6.07) is 16.5. The van der Waals surface area contributed by atoms with E-state index >= 15 is 0 Å². The highest BCUT2D eigenvalue weighted by atomic mass is 16.1. The standard InChI is InChI=1S/C16H13N3O/c17-16-13-8-4-5-9-14(13)18-11-19(16)10-15(20)12-6-2-1-3-7-12/h1-9,11,17H,10H2. The van der Waals surface area contributed by atoms with Crippen LogP contribution < -0.4 is 5.49 Å². The number of para-hydroxylation sites is 1. The normalized spacial score (nSPS) is 10.6. The largest absolute Gasteiger partial charge is 0.309 e. The fourth-order valence-corrected chi connectivity index (χ4v) is 2.12. The Balaban J connectivity index is 1.98. The zero-order valence-electron chi connectivity index (χ0n) is 10.8. The molecule has 0 unspecified atom stereocenters. The topological polar surface area (TPSA) is 58.7 Å². The van der Waals surface area contributed by atoms with Crippen molar-refractivity contribution >= 4 is 16.7 Å². The van der Waals surface area contributed by atoms with Gasteiger partial charge in [-0.2, -0.15) is 0 Å². The summed E-state index contributed by atoms with van der Waals surface area (Å²) < 4.78 is 1.57. The molecule has 0 aliphatic rings. The Kier molecular flexibility index (Phi) is 3.13. The Bertz CT molecular complexity index is 822. The van der Waals surface area contributed by atoms with Crippen LogP contribution in [0.2, 0.25) is 0 Å². The van der Waals surface area contributed by atoms with E-state index in [1.165, 1.54) is 0 Å². The highest BCUT2D eigenvalue weighted by Gasteiger charge is 2.07. The van der Waals surface area contributed by atoms with Gasteiger partial charge in [-0.15, -0.1) is 0 Å². The fraction of sp³-hybridized carbons (Fsp3) is 0.0625. The molecule has 0 spiro atoms. The first kappa shape index (κ1) is 12.3. The molecule has 0 radical (unpaired) electrons. The van der Waals surface area contributed by atoms with E-state index in [9.17, 15) is 4.79 Å². The third-order valence-corrected chi connectivity index (χ3v) is 3.19. The molecule has 1 heterocycles. The molecule has 98 valence electrons. The van der Waals surface area contributed by atoms with Crippen molar-refractivity contribution in [3.05, 3.63) is 72.0 Å². The molecular formula is C16H13N3O. The molecular weight excluding hydrogens is 250 g/mol. The minimum Gasteiger partial charge on any atom is -0.309 e. The Morgan fingerprint density at radius 1 is 1.05 bits per heavy atom. The Hall–Kier alpha value is -2.75. The van der Waals surface area contributed by atoms with Crippen molar-refractivity contribution < 1.29 is 4.79 Å². The molecule has 0 saturated carbocycles. The molecule has 1 N–H and O–H groups in total. The van der Waals surface area contributed by atoms with Gasteiger partial charge < -0.3 is 4.57 Å². The summed E-state index contributed by atoms with van der Waals surface area (Å²) in [7, 11) is 0. The summed E-state index contributed by atoms with van der Waals surface area (Å²) in [6.45, 7) is 0.126. The van der Waals surface area contributed by atoms with E-state index in [1.807, 2.05) is 42.5 Å². The summed E-state index contributed by atoms with van der Waals surface area (Å²) >= 11 is 0. The van der Waals surface area contributed by atoms with Crippen LogP contribution in [0.1, 0.15) is 10.4 Å². The lowest BCUT2D eigenvalue weighted by atomic mass is 10.1. The second kappa shape index (κ2) is 5.09. The van der Waals surface area contributed by atoms with E-state index in [-0.39, 0.29) is 12.3 Å². The molecule has 0 bridgehead atoms. The monoisotopic (exact) mass is 263 g/mol. The number of carbonyl (C=O) groups is 1. The third kappa shape index (κ3) is 2.23. The molecule has 0 fully saturated rings. The summed E-state index contributed by atoms with van der Waals surface area (Å²) in [5.41, 5.74) is 1.72. The predicted molar refractivity (Wildman–Crippen MR) is 76.4 cm³/mol. The van der Waals surface area contributed by atoms with Crippen LogP contribution in [0, 0.1) is 5.41 Å². The zero-order chi connectivity index (χ0) is 13.9. The molecule has 0 saturated heterocycles. The first-order valence-corrected chi connectivity index (χ1v) is 6.33. The molecule has 0 atom stereocenters. The molecule has 2 aromatic carbocycles. The van der Waals surface area contributed by atoms with Crippen molar-refractivity contribution in [2.45, 2.75) is 6.54 Å². The van der Waals surface area contributed by atoms with Crippen LogP contribution >= 0.6 is 0 Å². The van der Waals surface area contributed by atoms with Crippen LogP contribution in [0.5, 0.6) is 0 Å². The molecule has 0 aliphatic carbocycles. The minimum atomic E-state index is -0.0267. The van der Waals surface area contributed by atoms with Crippen LogP contribution in [0.4, 0.5) is 0 Å². The average Bonchev–Trinajstić information content (AvgIpc) is 2.51. The van der Waals surface area contributed by atoms with E-state index in [1.54, 1.807) is 23.0 Å². The number of hydrogen-bond donors (Lipinski definition) is 1. The van der Waals surface area contributed by atoms with Gasteiger partial charge >= 0.3 is 0 Å². The maximum atomic E-state index is 12.2. The Morgan fingerprint density at radius 2 is 1.75 bits per heavy atom. The molecule has 3 rings (SSSR count). The van der Waals surface area contributed by atoms with E-state index in [0.717, 1.165) is 10.9 Å². The number of ketones is 1.